The van der Waals surface area contributed by atoms with Crippen molar-refractivity contribution < 1.29 is 23.8 Å². The van der Waals surface area contributed by atoms with E-state index in [1.54, 1.807) is 10.6 Å². The second-order valence-corrected chi connectivity index (χ2v) is 6.10. The molecule has 8 heteroatoms. The molecule has 1 aliphatic heterocycles. The van der Waals surface area contributed by atoms with Gasteiger partial charge in [0.25, 0.3) is 0 Å². The summed E-state index contributed by atoms with van der Waals surface area (Å²) in [5, 5.41) is 9.36. The van der Waals surface area contributed by atoms with Crippen molar-refractivity contribution in [1.82, 2.24) is 4.57 Å². The van der Waals surface area contributed by atoms with Crippen LogP contribution in [-0.4, -0.2) is 49.1 Å². The normalized spacial score (nSPS) is 16.0. The minimum Gasteiger partial charge on any atom is -0.477 e. The third kappa shape index (κ3) is 3.17. The number of anilines is 1. The summed E-state index contributed by atoms with van der Waals surface area (Å²) in [6, 6.07) is 2.71. The Bertz CT molecular complexity index is 885. The summed E-state index contributed by atoms with van der Waals surface area (Å²) in [6.07, 6.45) is 1.35. The Kier molecular flexibility index (Phi) is 5.24. The predicted molar refractivity (Wildman–Crippen MR) is 94.5 cm³/mol. The maximum absolute atomic E-state index is 14.7. The van der Waals surface area contributed by atoms with E-state index in [9.17, 15) is 19.1 Å². The van der Waals surface area contributed by atoms with Gasteiger partial charge < -0.3 is 24.0 Å². The SMILES string of the molecule is CC[C@H](OC)n1cc(C(=O)O)c(=O)c2cc(F)c(N3CCOCC3)cc21. The molecule has 0 unspecified atom stereocenters. The third-order valence-corrected chi connectivity index (χ3v) is 4.61. The number of ether oxygens (including phenoxy) is 2. The van der Waals surface area contributed by atoms with Gasteiger partial charge in [0.1, 0.15) is 17.6 Å². The molecule has 140 valence electrons. The molecule has 0 aliphatic carbocycles. The number of rotatable bonds is 5. The number of hydrogen-bond donors (Lipinski definition) is 1. The van der Waals surface area contributed by atoms with Crippen LogP contribution in [0.5, 0.6) is 0 Å². The number of aromatic carboxylic acids is 1. The number of nitrogens with zero attached hydrogens (tertiary/aromatic N) is 2. The minimum atomic E-state index is -1.35. The molecule has 26 heavy (non-hydrogen) atoms. The van der Waals surface area contributed by atoms with E-state index >= 15 is 0 Å². The monoisotopic (exact) mass is 364 g/mol. The summed E-state index contributed by atoms with van der Waals surface area (Å²) < 4.78 is 27.0. The average molecular weight is 364 g/mol. The van der Waals surface area contributed by atoms with Crippen molar-refractivity contribution in [1.29, 1.82) is 0 Å². The topological polar surface area (TPSA) is 81.0 Å². The number of fused-ring (bicyclic) bond motifs is 1. The van der Waals surface area contributed by atoms with E-state index in [4.69, 9.17) is 9.47 Å². The maximum Gasteiger partial charge on any atom is 0.341 e. The molecule has 2 aromatic rings. The first kappa shape index (κ1) is 18.3. The van der Waals surface area contributed by atoms with Gasteiger partial charge in [-0.3, -0.25) is 4.79 Å². The van der Waals surface area contributed by atoms with Crippen LogP contribution in [0.3, 0.4) is 0 Å². The van der Waals surface area contributed by atoms with Gasteiger partial charge in [-0.25, -0.2) is 9.18 Å². The number of carboxylic acids is 1. The summed E-state index contributed by atoms with van der Waals surface area (Å²) in [5.74, 6) is -1.91. The van der Waals surface area contributed by atoms with Crippen LogP contribution in [0.2, 0.25) is 0 Å². The van der Waals surface area contributed by atoms with E-state index in [2.05, 4.69) is 0 Å². The van der Waals surface area contributed by atoms with Gasteiger partial charge in [-0.2, -0.15) is 0 Å². The molecule has 1 aliphatic rings. The molecule has 2 heterocycles. The zero-order chi connectivity index (χ0) is 18.8. The average Bonchev–Trinajstić information content (AvgIpc) is 2.64. The molecule has 0 saturated carbocycles. The Hall–Kier alpha value is -2.45. The summed E-state index contributed by atoms with van der Waals surface area (Å²) in [6.45, 7) is 3.96. The zero-order valence-electron chi connectivity index (χ0n) is 14.7. The fraction of sp³-hybridized carbons (Fsp3) is 0.444. The lowest BCUT2D eigenvalue weighted by Crippen LogP contribution is -2.37. The lowest BCUT2D eigenvalue weighted by molar-refractivity contribution is 0.0437. The molecule has 0 amide bonds. The molecular formula is C18H21FN2O5. The molecule has 0 radical (unpaired) electrons. The quantitative estimate of drug-likeness (QED) is 0.876. The van der Waals surface area contributed by atoms with Gasteiger partial charge in [0.2, 0.25) is 5.43 Å². The van der Waals surface area contributed by atoms with Crippen LogP contribution in [0.4, 0.5) is 10.1 Å². The van der Waals surface area contributed by atoms with Crippen molar-refractivity contribution in [3.63, 3.8) is 0 Å². The number of pyridine rings is 1. The highest BCUT2D eigenvalue weighted by molar-refractivity contribution is 5.93. The fourth-order valence-electron chi connectivity index (χ4n) is 3.27. The van der Waals surface area contributed by atoms with Crippen LogP contribution in [0.25, 0.3) is 10.9 Å². The summed E-state index contributed by atoms with van der Waals surface area (Å²) in [4.78, 5) is 25.8. The first-order valence-electron chi connectivity index (χ1n) is 8.45. The Balaban J connectivity index is 2.29. The van der Waals surface area contributed by atoms with E-state index in [1.807, 2.05) is 11.8 Å². The molecule has 1 saturated heterocycles. The van der Waals surface area contributed by atoms with Gasteiger partial charge in [-0.1, -0.05) is 6.92 Å². The number of carboxylic acid groups (broad SMARTS) is 1. The lowest BCUT2D eigenvalue weighted by Gasteiger charge is -2.30. The number of aromatic nitrogens is 1. The second kappa shape index (κ2) is 7.43. The standard InChI is InChI=1S/C18H21FN2O5/c1-3-16(25-2)21-10-12(18(23)24)17(22)11-8-13(19)15(9-14(11)21)20-4-6-26-7-5-20/h8-10,16H,3-7H2,1-2H3,(H,23,24)/t16-/m0/s1. The fourth-order valence-corrected chi connectivity index (χ4v) is 3.27. The number of carbonyl (C=O) groups is 1. The summed E-state index contributed by atoms with van der Waals surface area (Å²) >= 11 is 0. The van der Waals surface area contributed by atoms with Gasteiger partial charge in [0, 0.05) is 31.8 Å². The Morgan fingerprint density at radius 1 is 1.38 bits per heavy atom. The minimum absolute atomic E-state index is 0.0231. The van der Waals surface area contributed by atoms with E-state index in [1.165, 1.54) is 13.3 Å². The zero-order valence-corrected chi connectivity index (χ0v) is 14.7. The predicted octanol–water partition coefficient (Wildman–Crippen LogP) is 2.23. The molecule has 0 spiro atoms. The van der Waals surface area contributed by atoms with Crippen molar-refractivity contribution in [3.8, 4) is 0 Å². The molecule has 7 nitrogen and oxygen atoms in total. The smallest absolute Gasteiger partial charge is 0.341 e. The highest BCUT2D eigenvalue weighted by atomic mass is 19.1. The summed E-state index contributed by atoms with van der Waals surface area (Å²) in [7, 11) is 1.50. The molecular weight excluding hydrogens is 343 g/mol. The highest BCUT2D eigenvalue weighted by Crippen LogP contribution is 2.28. The highest BCUT2D eigenvalue weighted by Gasteiger charge is 2.22. The van der Waals surface area contributed by atoms with Gasteiger partial charge in [-0.15, -0.1) is 0 Å². The molecule has 1 fully saturated rings. The molecule has 0 bridgehead atoms. The van der Waals surface area contributed by atoms with E-state index < -0.39 is 29.0 Å². The van der Waals surface area contributed by atoms with Crippen molar-refractivity contribution in [2.75, 3.05) is 38.3 Å². The molecule has 1 N–H and O–H groups in total. The number of hydrogen-bond acceptors (Lipinski definition) is 5. The number of benzene rings is 1. The molecule has 1 aromatic heterocycles. The van der Waals surface area contributed by atoms with Crippen LogP contribution in [0.15, 0.2) is 23.1 Å². The third-order valence-electron chi connectivity index (χ3n) is 4.61. The maximum atomic E-state index is 14.7. The largest absolute Gasteiger partial charge is 0.477 e. The Morgan fingerprint density at radius 3 is 2.65 bits per heavy atom. The van der Waals surface area contributed by atoms with Gasteiger partial charge in [0.15, 0.2) is 0 Å². The van der Waals surface area contributed by atoms with E-state index in [0.29, 0.717) is 43.9 Å². The van der Waals surface area contributed by atoms with Gasteiger partial charge in [-0.05, 0) is 18.6 Å². The Labute approximate surface area is 149 Å². The summed E-state index contributed by atoms with van der Waals surface area (Å²) in [5.41, 5.74) is -0.312. The number of methoxy groups -OCH3 is 1. The van der Waals surface area contributed by atoms with Crippen LogP contribution < -0.4 is 10.3 Å². The number of morpholine rings is 1. The lowest BCUT2D eigenvalue weighted by atomic mass is 10.1. The number of halogens is 1. The molecule has 1 aromatic carbocycles. The van der Waals surface area contributed by atoms with E-state index in [0.717, 1.165) is 6.07 Å². The van der Waals surface area contributed by atoms with E-state index in [-0.39, 0.29) is 5.39 Å². The van der Waals surface area contributed by atoms with Crippen LogP contribution in [0, 0.1) is 5.82 Å². The van der Waals surface area contributed by atoms with Gasteiger partial charge >= 0.3 is 5.97 Å². The van der Waals surface area contributed by atoms with Crippen molar-refractivity contribution in [2.45, 2.75) is 19.6 Å². The Morgan fingerprint density at radius 2 is 2.08 bits per heavy atom. The van der Waals surface area contributed by atoms with Gasteiger partial charge in [0.05, 0.1) is 24.4 Å². The molecule has 3 rings (SSSR count). The first-order chi connectivity index (χ1) is 12.5. The second-order valence-electron chi connectivity index (χ2n) is 6.10. The van der Waals surface area contributed by atoms with Crippen molar-refractivity contribution in [2.24, 2.45) is 0 Å². The van der Waals surface area contributed by atoms with Crippen LogP contribution in [0.1, 0.15) is 29.9 Å². The van der Waals surface area contributed by atoms with Crippen LogP contribution in [-0.2, 0) is 9.47 Å². The van der Waals surface area contributed by atoms with Crippen molar-refractivity contribution in [3.05, 3.63) is 39.9 Å². The van der Waals surface area contributed by atoms with Crippen molar-refractivity contribution >= 4 is 22.6 Å². The molecule has 1 atom stereocenters. The first-order valence-corrected chi connectivity index (χ1v) is 8.45. The van der Waals surface area contributed by atoms with Crippen LogP contribution >= 0.6 is 0 Å².